The molecule has 0 aromatic carbocycles. The van der Waals surface area contributed by atoms with E-state index in [2.05, 4.69) is 15.2 Å². The summed E-state index contributed by atoms with van der Waals surface area (Å²) in [6.45, 7) is 6.20. The molecule has 112 valence electrons. The Bertz CT molecular complexity index is 468. The van der Waals surface area contributed by atoms with Crippen molar-refractivity contribution in [1.82, 2.24) is 9.88 Å². The van der Waals surface area contributed by atoms with E-state index in [4.69, 9.17) is 16.3 Å². The van der Waals surface area contributed by atoms with Crippen LogP contribution in [-0.4, -0.2) is 53.4 Å². The highest BCUT2D eigenvalue weighted by atomic mass is 35.5. The smallest absolute Gasteiger partial charge is 0.126 e. The number of aliphatic hydroxyl groups excluding tert-OH is 1. The van der Waals surface area contributed by atoms with E-state index in [-0.39, 0.29) is 18.3 Å². The number of hydrogen-bond acceptors (Lipinski definition) is 5. The number of halogens is 1. The third-order valence-corrected chi connectivity index (χ3v) is 3.65. The highest BCUT2D eigenvalue weighted by Gasteiger charge is 2.33. The zero-order valence-corrected chi connectivity index (χ0v) is 12.9. The summed E-state index contributed by atoms with van der Waals surface area (Å²) in [4.78, 5) is 6.72. The molecule has 2 N–H and O–H groups in total. The average molecular weight is 300 g/mol. The maximum absolute atomic E-state index is 9.34. The Morgan fingerprint density at radius 1 is 1.55 bits per heavy atom. The van der Waals surface area contributed by atoms with Gasteiger partial charge in [0.25, 0.3) is 0 Å². The van der Waals surface area contributed by atoms with Crippen LogP contribution in [0.25, 0.3) is 0 Å². The van der Waals surface area contributed by atoms with Crippen LogP contribution in [0.5, 0.6) is 0 Å². The lowest BCUT2D eigenvalue weighted by Gasteiger charge is -2.42. The van der Waals surface area contributed by atoms with Crippen LogP contribution < -0.4 is 5.32 Å². The van der Waals surface area contributed by atoms with Crippen LogP contribution in [0.2, 0.25) is 5.02 Å². The molecule has 1 aliphatic rings. The summed E-state index contributed by atoms with van der Waals surface area (Å²) in [5.41, 5.74) is 0.562. The molecule has 1 fully saturated rings. The monoisotopic (exact) mass is 299 g/mol. The Hall–Kier alpha value is -0.880. The van der Waals surface area contributed by atoms with Crippen molar-refractivity contribution < 1.29 is 9.84 Å². The molecule has 1 atom stereocenters. The molecule has 0 saturated carbocycles. The molecule has 0 aliphatic carbocycles. The molecule has 0 spiro atoms. The minimum absolute atomic E-state index is 0.0254. The molecule has 0 amide bonds. The first-order valence-corrected chi connectivity index (χ1v) is 7.15. The average Bonchev–Trinajstić information content (AvgIpc) is 2.39. The number of rotatable bonds is 4. The third kappa shape index (κ3) is 3.82. The topological polar surface area (TPSA) is 57.6 Å². The summed E-state index contributed by atoms with van der Waals surface area (Å²) in [7, 11) is 1.83. The maximum Gasteiger partial charge on any atom is 0.126 e. The largest absolute Gasteiger partial charge is 0.394 e. The Kier molecular flexibility index (Phi) is 4.86. The van der Waals surface area contributed by atoms with Crippen molar-refractivity contribution in [3.05, 3.63) is 22.8 Å². The van der Waals surface area contributed by atoms with Crippen molar-refractivity contribution in [2.75, 3.05) is 32.1 Å². The van der Waals surface area contributed by atoms with E-state index in [9.17, 15) is 5.11 Å². The molecule has 2 rings (SSSR count). The molecule has 5 nitrogen and oxygen atoms in total. The van der Waals surface area contributed by atoms with Gasteiger partial charge < -0.3 is 15.2 Å². The van der Waals surface area contributed by atoms with E-state index in [1.165, 1.54) is 0 Å². The molecule has 0 radical (unpaired) electrons. The minimum atomic E-state index is -0.279. The van der Waals surface area contributed by atoms with Crippen LogP contribution in [0, 0.1) is 0 Å². The highest BCUT2D eigenvalue weighted by Crippen LogP contribution is 2.24. The van der Waals surface area contributed by atoms with E-state index in [0.29, 0.717) is 18.1 Å². The summed E-state index contributed by atoms with van der Waals surface area (Å²) >= 11 is 6.22. The van der Waals surface area contributed by atoms with Crippen molar-refractivity contribution in [2.45, 2.75) is 32.1 Å². The van der Waals surface area contributed by atoms with E-state index in [1.54, 1.807) is 0 Å². The Morgan fingerprint density at radius 2 is 2.30 bits per heavy atom. The quantitative estimate of drug-likeness (QED) is 0.887. The van der Waals surface area contributed by atoms with Crippen LogP contribution in [0.1, 0.15) is 19.5 Å². The molecule has 0 bridgehead atoms. The number of aromatic nitrogens is 1. The lowest BCUT2D eigenvalue weighted by Crippen LogP contribution is -2.53. The van der Waals surface area contributed by atoms with E-state index in [1.807, 2.05) is 33.0 Å². The first kappa shape index (κ1) is 15.5. The second kappa shape index (κ2) is 6.26. The van der Waals surface area contributed by atoms with Crippen LogP contribution in [-0.2, 0) is 11.3 Å². The third-order valence-electron chi connectivity index (χ3n) is 3.30. The van der Waals surface area contributed by atoms with Crippen molar-refractivity contribution in [3.63, 3.8) is 0 Å². The van der Waals surface area contributed by atoms with Crippen LogP contribution in [0.4, 0.5) is 5.82 Å². The molecular formula is C14H22ClN3O2. The Balaban J connectivity index is 2.12. The number of nitrogens with zero attached hydrogens (tertiary/aromatic N) is 2. The number of morpholine rings is 1. The van der Waals surface area contributed by atoms with E-state index < -0.39 is 0 Å². The first-order chi connectivity index (χ1) is 9.43. The molecule has 1 aromatic heterocycles. The SMILES string of the molecule is CNc1ccc(Cl)c(CN2CC(CO)OC(C)(C)C2)n1. The summed E-state index contributed by atoms with van der Waals surface area (Å²) in [5.74, 6) is 0.802. The first-order valence-electron chi connectivity index (χ1n) is 6.78. The van der Waals surface area contributed by atoms with Gasteiger partial charge in [-0.1, -0.05) is 11.6 Å². The van der Waals surface area contributed by atoms with Gasteiger partial charge in [0.05, 0.1) is 29.0 Å². The van der Waals surface area contributed by atoms with Crippen molar-refractivity contribution in [2.24, 2.45) is 0 Å². The second-order valence-corrected chi connectivity index (χ2v) is 6.13. The molecular weight excluding hydrogens is 278 g/mol. The predicted octanol–water partition coefficient (Wildman–Crippen LogP) is 1.75. The van der Waals surface area contributed by atoms with Gasteiger partial charge in [-0.25, -0.2) is 4.98 Å². The van der Waals surface area contributed by atoms with Crippen molar-refractivity contribution in [1.29, 1.82) is 0 Å². The van der Waals surface area contributed by atoms with E-state index in [0.717, 1.165) is 18.1 Å². The number of aliphatic hydroxyl groups is 1. The van der Waals surface area contributed by atoms with Crippen LogP contribution in [0.15, 0.2) is 12.1 Å². The summed E-state index contributed by atoms with van der Waals surface area (Å²) in [5, 5.41) is 13.0. The van der Waals surface area contributed by atoms with Gasteiger partial charge in [0.15, 0.2) is 0 Å². The van der Waals surface area contributed by atoms with Crippen molar-refractivity contribution >= 4 is 17.4 Å². The zero-order chi connectivity index (χ0) is 14.8. The van der Waals surface area contributed by atoms with Gasteiger partial charge in [0, 0.05) is 26.7 Å². The maximum atomic E-state index is 9.34. The Morgan fingerprint density at radius 3 is 2.95 bits per heavy atom. The fourth-order valence-electron chi connectivity index (χ4n) is 2.58. The molecule has 1 aliphatic heterocycles. The van der Waals surface area contributed by atoms with Gasteiger partial charge >= 0.3 is 0 Å². The number of hydrogen-bond donors (Lipinski definition) is 2. The van der Waals surface area contributed by atoms with Gasteiger partial charge in [-0.15, -0.1) is 0 Å². The molecule has 20 heavy (non-hydrogen) atoms. The molecule has 1 unspecified atom stereocenters. The fraction of sp³-hybridized carbons (Fsp3) is 0.643. The van der Waals surface area contributed by atoms with Crippen LogP contribution >= 0.6 is 11.6 Å². The molecule has 6 heteroatoms. The van der Waals surface area contributed by atoms with Gasteiger partial charge in [-0.3, -0.25) is 4.90 Å². The minimum Gasteiger partial charge on any atom is -0.394 e. The number of pyridine rings is 1. The fourth-order valence-corrected chi connectivity index (χ4v) is 2.74. The number of anilines is 1. The summed E-state index contributed by atoms with van der Waals surface area (Å²) in [6, 6.07) is 3.70. The van der Waals surface area contributed by atoms with Gasteiger partial charge in [0.1, 0.15) is 5.82 Å². The number of ether oxygens (including phenoxy) is 1. The van der Waals surface area contributed by atoms with Crippen molar-refractivity contribution in [3.8, 4) is 0 Å². The van der Waals surface area contributed by atoms with Crippen LogP contribution in [0.3, 0.4) is 0 Å². The highest BCUT2D eigenvalue weighted by molar-refractivity contribution is 6.31. The van der Waals surface area contributed by atoms with E-state index >= 15 is 0 Å². The predicted molar refractivity (Wildman–Crippen MR) is 80.1 cm³/mol. The Labute approximate surface area is 124 Å². The normalized spacial score (nSPS) is 22.8. The lowest BCUT2D eigenvalue weighted by atomic mass is 10.1. The molecule has 1 aromatic rings. The second-order valence-electron chi connectivity index (χ2n) is 5.73. The lowest BCUT2D eigenvalue weighted by molar-refractivity contribution is -0.150. The van der Waals surface area contributed by atoms with Gasteiger partial charge in [-0.2, -0.15) is 0 Å². The van der Waals surface area contributed by atoms with Gasteiger partial charge in [0.2, 0.25) is 0 Å². The standard InChI is InChI=1S/C14H22ClN3O2/c1-14(2)9-18(6-10(8-19)20-14)7-12-11(15)4-5-13(16-3)17-12/h4-5,10,19H,6-9H2,1-3H3,(H,16,17). The summed E-state index contributed by atoms with van der Waals surface area (Å²) in [6.07, 6.45) is -0.162. The number of nitrogens with one attached hydrogen (secondary N) is 1. The molecule has 1 saturated heterocycles. The summed E-state index contributed by atoms with van der Waals surface area (Å²) < 4.78 is 5.81. The zero-order valence-electron chi connectivity index (χ0n) is 12.2. The molecule has 2 heterocycles. The van der Waals surface area contributed by atoms with Gasteiger partial charge in [-0.05, 0) is 26.0 Å².